The molecule has 0 heterocycles. The summed E-state index contributed by atoms with van der Waals surface area (Å²) in [4.78, 5) is 28.7. The Morgan fingerprint density at radius 1 is 0.824 bits per heavy atom. The number of fused-ring (bicyclic) bond motifs is 1. The van der Waals surface area contributed by atoms with Gasteiger partial charge in [-0.25, -0.2) is 0 Å². The highest BCUT2D eigenvalue weighted by Crippen LogP contribution is 2.20. The first kappa shape index (κ1) is 25.3. The Hall–Kier alpha value is -3.34. The monoisotopic (exact) mass is 460 g/mol. The fraction of sp³-hybridized carbons (Fsp3) is 0.379. The summed E-state index contributed by atoms with van der Waals surface area (Å²) in [6.07, 6.45) is 4.19. The van der Waals surface area contributed by atoms with E-state index in [2.05, 4.69) is 59.5 Å². The predicted octanol–water partition coefficient (Wildman–Crippen LogP) is 5.25. The van der Waals surface area contributed by atoms with Crippen molar-refractivity contribution < 1.29 is 14.3 Å². The lowest BCUT2D eigenvalue weighted by Crippen LogP contribution is -2.35. The summed E-state index contributed by atoms with van der Waals surface area (Å²) < 4.78 is 4.72. The molecule has 0 aromatic heterocycles. The minimum atomic E-state index is -0.176. The molecule has 0 saturated heterocycles. The Morgan fingerprint density at radius 3 is 2.29 bits per heavy atom. The Bertz CT molecular complexity index is 1070. The van der Waals surface area contributed by atoms with Crippen LogP contribution in [-0.2, 0) is 27.2 Å². The first-order valence-corrected chi connectivity index (χ1v) is 12.1. The van der Waals surface area contributed by atoms with Gasteiger partial charge in [0.25, 0.3) is 0 Å². The van der Waals surface area contributed by atoms with Crippen LogP contribution in [0.1, 0.15) is 36.8 Å². The lowest BCUT2D eigenvalue weighted by molar-refractivity contribution is -0.140. The van der Waals surface area contributed by atoms with Crippen LogP contribution in [0.4, 0.5) is 5.69 Å². The van der Waals surface area contributed by atoms with E-state index in [4.69, 9.17) is 4.74 Å². The molecular weight excluding hydrogens is 424 g/mol. The number of hydrogen-bond donors (Lipinski definition) is 0. The van der Waals surface area contributed by atoms with Crippen LogP contribution >= 0.6 is 0 Å². The molecule has 0 radical (unpaired) electrons. The molecule has 0 fully saturated rings. The van der Waals surface area contributed by atoms with Crippen LogP contribution in [0.15, 0.2) is 66.7 Å². The van der Waals surface area contributed by atoms with Gasteiger partial charge in [-0.15, -0.1) is 0 Å². The van der Waals surface area contributed by atoms with E-state index in [0.717, 1.165) is 36.9 Å². The fourth-order valence-electron chi connectivity index (χ4n) is 4.18. The van der Waals surface area contributed by atoms with Crippen molar-refractivity contribution in [2.24, 2.45) is 0 Å². The number of benzene rings is 3. The Kier molecular flexibility index (Phi) is 9.51. The van der Waals surface area contributed by atoms with Crippen LogP contribution in [0.3, 0.4) is 0 Å². The van der Waals surface area contributed by atoms with Crippen molar-refractivity contribution in [3.8, 4) is 0 Å². The normalized spacial score (nSPS) is 10.8. The molecule has 1 amide bonds. The average molecular weight is 461 g/mol. The molecule has 3 aromatic rings. The van der Waals surface area contributed by atoms with Crippen molar-refractivity contribution in [1.82, 2.24) is 4.90 Å². The summed E-state index contributed by atoms with van der Waals surface area (Å²) in [5.74, 6) is -0.0316. The molecule has 0 N–H and O–H groups in total. The molecular formula is C29H36N2O3. The smallest absolute Gasteiger partial charge is 0.305 e. The Labute approximate surface area is 203 Å². The number of ether oxygens (including phenoxy) is 1. The van der Waals surface area contributed by atoms with E-state index in [9.17, 15) is 9.59 Å². The van der Waals surface area contributed by atoms with Gasteiger partial charge in [0.1, 0.15) is 0 Å². The molecule has 0 saturated carbocycles. The highest BCUT2D eigenvalue weighted by Gasteiger charge is 2.15. The summed E-state index contributed by atoms with van der Waals surface area (Å²) in [5, 5.41) is 2.47. The molecule has 0 atom stereocenters. The minimum absolute atomic E-state index is 0.144. The van der Waals surface area contributed by atoms with Crippen molar-refractivity contribution in [1.29, 1.82) is 0 Å². The van der Waals surface area contributed by atoms with Gasteiger partial charge < -0.3 is 14.5 Å². The van der Waals surface area contributed by atoms with E-state index in [-0.39, 0.29) is 11.9 Å². The first-order chi connectivity index (χ1) is 16.5. The third kappa shape index (κ3) is 7.34. The summed E-state index contributed by atoms with van der Waals surface area (Å²) in [7, 11) is 5.44. The third-order valence-corrected chi connectivity index (χ3v) is 6.23. The highest BCUT2D eigenvalue weighted by atomic mass is 16.5. The zero-order chi connectivity index (χ0) is 24.3. The zero-order valence-corrected chi connectivity index (χ0v) is 20.6. The molecule has 5 heteroatoms. The van der Waals surface area contributed by atoms with E-state index in [1.54, 1.807) is 0 Å². The fourth-order valence-corrected chi connectivity index (χ4v) is 4.18. The molecule has 0 aliphatic rings. The van der Waals surface area contributed by atoms with E-state index >= 15 is 0 Å². The lowest BCUT2D eigenvalue weighted by Gasteiger charge is -2.23. The molecule has 180 valence electrons. The van der Waals surface area contributed by atoms with Crippen LogP contribution in [0.2, 0.25) is 0 Å². The second kappa shape index (κ2) is 12.8. The predicted molar refractivity (Wildman–Crippen MR) is 139 cm³/mol. The van der Waals surface area contributed by atoms with E-state index < -0.39 is 0 Å². The van der Waals surface area contributed by atoms with Gasteiger partial charge >= 0.3 is 5.97 Å². The number of carbonyl (C=O) groups is 2. The van der Waals surface area contributed by atoms with Crippen molar-refractivity contribution in [3.63, 3.8) is 0 Å². The van der Waals surface area contributed by atoms with E-state index in [1.807, 2.05) is 31.1 Å². The van der Waals surface area contributed by atoms with Gasteiger partial charge in [-0.3, -0.25) is 9.59 Å². The molecule has 0 aliphatic carbocycles. The molecule has 3 rings (SSSR count). The van der Waals surface area contributed by atoms with Crippen LogP contribution < -0.4 is 4.90 Å². The summed E-state index contributed by atoms with van der Waals surface area (Å²) in [5.41, 5.74) is 3.41. The van der Waals surface area contributed by atoms with E-state index in [0.29, 0.717) is 25.9 Å². The molecule has 3 aromatic carbocycles. The number of rotatable bonds is 12. The standard InChI is InChI=1S/C29H36N2O3/c1-30(2)26-17-15-23(16-18-26)22-28(32)31(20-8-4-5-14-29(33)34-3)21-19-25-12-9-11-24-10-6-7-13-27(24)25/h6-7,9-13,15-18H,4-5,8,14,19-22H2,1-3H3. The number of amides is 1. The molecule has 0 bridgehead atoms. The van der Waals surface area contributed by atoms with Gasteiger partial charge in [-0.2, -0.15) is 0 Å². The Morgan fingerprint density at radius 2 is 1.56 bits per heavy atom. The van der Waals surface area contributed by atoms with Crippen LogP contribution in [0.25, 0.3) is 10.8 Å². The molecule has 5 nitrogen and oxygen atoms in total. The van der Waals surface area contributed by atoms with E-state index in [1.165, 1.54) is 23.4 Å². The number of anilines is 1. The second-order valence-corrected chi connectivity index (χ2v) is 8.89. The lowest BCUT2D eigenvalue weighted by atomic mass is 10.0. The second-order valence-electron chi connectivity index (χ2n) is 8.89. The van der Waals surface area contributed by atoms with Gasteiger partial charge in [0.15, 0.2) is 0 Å². The third-order valence-electron chi connectivity index (χ3n) is 6.23. The zero-order valence-electron chi connectivity index (χ0n) is 20.6. The summed E-state index contributed by atoms with van der Waals surface area (Å²) >= 11 is 0. The maximum absolute atomic E-state index is 13.3. The molecule has 0 aliphatic heterocycles. The quantitative estimate of drug-likeness (QED) is 0.274. The maximum atomic E-state index is 13.3. The number of unbranched alkanes of at least 4 members (excludes halogenated alkanes) is 2. The van der Waals surface area contributed by atoms with Gasteiger partial charge in [0.2, 0.25) is 5.91 Å². The average Bonchev–Trinajstić information content (AvgIpc) is 2.85. The van der Waals surface area contributed by atoms with Gasteiger partial charge in [0, 0.05) is 39.3 Å². The van der Waals surface area contributed by atoms with Gasteiger partial charge in [-0.1, -0.05) is 61.0 Å². The maximum Gasteiger partial charge on any atom is 0.305 e. The number of nitrogens with zero attached hydrogens (tertiary/aromatic N) is 2. The number of esters is 1. The molecule has 0 unspecified atom stereocenters. The van der Waals surface area contributed by atoms with Crippen molar-refractivity contribution >= 4 is 28.3 Å². The van der Waals surface area contributed by atoms with Crippen LogP contribution in [-0.4, -0.2) is 51.1 Å². The number of methoxy groups -OCH3 is 1. The number of hydrogen-bond acceptors (Lipinski definition) is 4. The van der Waals surface area contributed by atoms with Crippen molar-refractivity contribution in [2.75, 3.05) is 39.2 Å². The summed E-state index contributed by atoms with van der Waals surface area (Å²) in [6, 6.07) is 22.9. The van der Waals surface area contributed by atoms with Gasteiger partial charge in [-0.05, 0) is 53.3 Å². The highest BCUT2D eigenvalue weighted by molar-refractivity contribution is 5.85. The SMILES string of the molecule is COC(=O)CCCCCN(CCc1cccc2ccccc12)C(=O)Cc1ccc(N(C)C)cc1. The minimum Gasteiger partial charge on any atom is -0.469 e. The largest absolute Gasteiger partial charge is 0.469 e. The molecule has 0 spiro atoms. The summed E-state index contributed by atoms with van der Waals surface area (Å²) in [6.45, 7) is 1.38. The van der Waals surface area contributed by atoms with Gasteiger partial charge in [0.05, 0.1) is 13.5 Å². The van der Waals surface area contributed by atoms with Crippen LogP contribution in [0, 0.1) is 0 Å². The van der Waals surface area contributed by atoms with Crippen molar-refractivity contribution in [3.05, 3.63) is 77.9 Å². The Balaban J connectivity index is 1.65. The first-order valence-electron chi connectivity index (χ1n) is 12.1. The van der Waals surface area contributed by atoms with Crippen molar-refractivity contribution in [2.45, 2.75) is 38.5 Å². The molecule has 34 heavy (non-hydrogen) atoms. The topological polar surface area (TPSA) is 49.9 Å². The van der Waals surface area contributed by atoms with Crippen LogP contribution in [0.5, 0.6) is 0 Å². The number of carbonyl (C=O) groups excluding carboxylic acids is 2.